The molecule has 5 heteroatoms. The van der Waals surface area contributed by atoms with Gasteiger partial charge in [-0.25, -0.2) is 4.79 Å². The van der Waals surface area contributed by atoms with Crippen molar-refractivity contribution >= 4 is 16.9 Å². The third kappa shape index (κ3) is 3.90. The summed E-state index contributed by atoms with van der Waals surface area (Å²) < 4.78 is 13.4. The van der Waals surface area contributed by atoms with E-state index in [0.717, 1.165) is 40.1 Å². The first-order chi connectivity index (χ1) is 13.4. The molecule has 0 amide bonds. The highest BCUT2D eigenvalue weighted by Crippen LogP contribution is 2.33. The first kappa shape index (κ1) is 20.0. The molecule has 1 aromatic heterocycles. The smallest absolute Gasteiger partial charge is 0.340 e. The maximum atomic E-state index is 12.7. The summed E-state index contributed by atoms with van der Waals surface area (Å²) in [6, 6.07) is 14.1. The fraction of sp³-hybridized carbons (Fsp3) is 0.348. The van der Waals surface area contributed by atoms with Gasteiger partial charge in [-0.05, 0) is 64.7 Å². The molecule has 0 aliphatic carbocycles. The molecule has 0 atom stereocenters. The van der Waals surface area contributed by atoms with E-state index < -0.39 is 0 Å². The van der Waals surface area contributed by atoms with Gasteiger partial charge in [0.1, 0.15) is 12.4 Å². The van der Waals surface area contributed by atoms with Gasteiger partial charge < -0.3 is 18.9 Å². The molecule has 3 aromatic rings. The summed E-state index contributed by atoms with van der Waals surface area (Å²) in [7, 11) is 4.02. The number of aromatic nitrogens is 1. The van der Waals surface area contributed by atoms with E-state index in [1.165, 1.54) is 0 Å². The second-order valence-corrected chi connectivity index (χ2v) is 7.13. The largest absolute Gasteiger partial charge is 0.492 e. The highest BCUT2D eigenvalue weighted by atomic mass is 16.5. The minimum absolute atomic E-state index is 0.303. The first-order valence-corrected chi connectivity index (χ1v) is 9.59. The molecular formula is C23H28N2O3. The van der Waals surface area contributed by atoms with Crippen LogP contribution in [0.25, 0.3) is 16.6 Å². The van der Waals surface area contributed by atoms with Gasteiger partial charge in [-0.1, -0.05) is 18.2 Å². The minimum atomic E-state index is -0.303. The average molecular weight is 380 g/mol. The normalized spacial score (nSPS) is 11.2. The second-order valence-electron chi connectivity index (χ2n) is 7.13. The quantitative estimate of drug-likeness (QED) is 0.571. The molecule has 28 heavy (non-hydrogen) atoms. The SMILES string of the molecule is CCOC(=O)c1c(C)n(-c2ccccc2C)c2ccc(OCCN(C)C)cc12. The van der Waals surface area contributed by atoms with Crippen LogP contribution in [0.2, 0.25) is 0 Å². The Balaban J connectivity index is 2.15. The number of carbonyl (C=O) groups excluding carboxylic acids is 1. The van der Waals surface area contributed by atoms with Crippen LogP contribution in [0.1, 0.15) is 28.5 Å². The molecule has 0 saturated heterocycles. The Hall–Kier alpha value is -2.79. The minimum Gasteiger partial charge on any atom is -0.492 e. The molecule has 0 aliphatic rings. The van der Waals surface area contributed by atoms with Crippen molar-refractivity contribution < 1.29 is 14.3 Å². The Kier molecular flexibility index (Phi) is 6.05. The molecule has 0 spiro atoms. The molecule has 0 saturated carbocycles. The van der Waals surface area contributed by atoms with Crippen LogP contribution in [-0.2, 0) is 4.74 Å². The van der Waals surface area contributed by atoms with Gasteiger partial charge in [0.2, 0.25) is 0 Å². The molecular weight excluding hydrogens is 352 g/mol. The molecule has 0 unspecified atom stereocenters. The maximum Gasteiger partial charge on any atom is 0.340 e. The zero-order chi connectivity index (χ0) is 20.3. The predicted molar refractivity (Wildman–Crippen MR) is 113 cm³/mol. The lowest BCUT2D eigenvalue weighted by atomic mass is 10.1. The molecule has 148 valence electrons. The standard InChI is InChI=1S/C23H28N2O3/c1-6-27-23(26)22-17(3)25(20-10-8-7-9-16(20)2)21-12-11-18(15-19(21)22)28-14-13-24(4)5/h7-12,15H,6,13-14H2,1-5H3. The van der Waals surface area contributed by atoms with Crippen molar-refractivity contribution in [1.29, 1.82) is 0 Å². The lowest BCUT2D eigenvalue weighted by Gasteiger charge is -2.13. The summed E-state index contributed by atoms with van der Waals surface area (Å²) in [5.74, 6) is 0.449. The Labute approximate surface area is 166 Å². The van der Waals surface area contributed by atoms with Crippen LogP contribution in [0, 0.1) is 13.8 Å². The third-order valence-corrected chi connectivity index (χ3v) is 4.82. The van der Waals surface area contributed by atoms with Gasteiger partial charge >= 0.3 is 5.97 Å². The number of hydrogen-bond donors (Lipinski definition) is 0. The molecule has 0 radical (unpaired) electrons. The Bertz CT molecular complexity index is 989. The summed E-state index contributed by atoms with van der Waals surface area (Å²) >= 11 is 0. The van der Waals surface area contributed by atoms with Crippen LogP contribution in [0.4, 0.5) is 0 Å². The number of likely N-dealkylation sites (N-methyl/N-ethyl adjacent to an activating group) is 1. The van der Waals surface area contributed by atoms with Gasteiger partial charge in [0.15, 0.2) is 0 Å². The number of ether oxygens (including phenoxy) is 2. The van der Waals surface area contributed by atoms with E-state index in [2.05, 4.69) is 28.5 Å². The van der Waals surface area contributed by atoms with Crippen molar-refractivity contribution in [1.82, 2.24) is 9.47 Å². The van der Waals surface area contributed by atoms with Gasteiger partial charge in [-0.15, -0.1) is 0 Å². The van der Waals surface area contributed by atoms with Gasteiger partial charge in [0.05, 0.1) is 17.7 Å². The van der Waals surface area contributed by atoms with Crippen molar-refractivity contribution in [3.05, 3.63) is 59.3 Å². The van der Waals surface area contributed by atoms with Gasteiger partial charge in [-0.2, -0.15) is 0 Å². The Morgan fingerprint density at radius 2 is 1.86 bits per heavy atom. The highest BCUT2D eigenvalue weighted by Gasteiger charge is 2.23. The van der Waals surface area contributed by atoms with Crippen molar-refractivity contribution in [2.75, 3.05) is 33.9 Å². The van der Waals surface area contributed by atoms with Gasteiger partial charge in [-0.3, -0.25) is 0 Å². The molecule has 3 rings (SSSR count). The summed E-state index contributed by atoms with van der Waals surface area (Å²) in [5, 5.41) is 0.849. The number of hydrogen-bond acceptors (Lipinski definition) is 4. The summed E-state index contributed by atoms with van der Waals surface area (Å²) in [5.41, 5.74) is 4.63. The first-order valence-electron chi connectivity index (χ1n) is 9.59. The van der Waals surface area contributed by atoms with E-state index in [9.17, 15) is 4.79 Å². The van der Waals surface area contributed by atoms with Crippen LogP contribution >= 0.6 is 0 Å². The van der Waals surface area contributed by atoms with Crippen LogP contribution in [0.15, 0.2) is 42.5 Å². The van der Waals surface area contributed by atoms with Crippen LogP contribution < -0.4 is 4.74 Å². The second kappa shape index (κ2) is 8.48. The van der Waals surface area contributed by atoms with E-state index in [1.54, 1.807) is 0 Å². The van der Waals surface area contributed by atoms with Crippen LogP contribution in [0.5, 0.6) is 5.75 Å². The molecule has 0 fully saturated rings. The van der Waals surface area contributed by atoms with E-state index in [-0.39, 0.29) is 5.97 Å². The maximum absolute atomic E-state index is 12.7. The molecule has 1 heterocycles. The third-order valence-electron chi connectivity index (χ3n) is 4.82. The Morgan fingerprint density at radius 3 is 2.54 bits per heavy atom. The fourth-order valence-corrected chi connectivity index (χ4v) is 3.42. The fourth-order valence-electron chi connectivity index (χ4n) is 3.42. The molecule has 0 aliphatic heterocycles. The number of fused-ring (bicyclic) bond motifs is 1. The Morgan fingerprint density at radius 1 is 1.11 bits per heavy atom. The summed E-state index contributed by atoms with van der Waals surface area (Å²) in [4.78, 5) is 14.8. The van der Waals surface area contributed by atoms with Crippen molar-refractivity contribution in [2.24, 2.45) is 0 Å². The van der Waals surface area contributed by atoms with E-state index in [0.29, 0.717) is 18.8 Å². The zero-order valence-electron chi connectivity index (χ0n) is 17.3. The van der Waals surface area contributed by atoms with Crippen molar-refractivity contribution in [3.8, 4) is 11.4 Å². The van der Waals surface area contributed by atoms with Crippen LogP contribution in [-0.4, -0.2) is 49.3 Å². The predicted octanol–water partition coefficient (Wildman–Crippen LogP) is 4.36. The number of benzene rings is 2. The van der Waals surface area contributed by atoms with Gasteiger partial charge in [0, 0.05) is 23.3 Å². The van der Waals surface area contributed by atoms with E-state index in [1.807, 2.05) is 58.3 Å². The summed E-state index contributed by atoms with van der Waals surface area (Å²) in [6.45, 7) is 7.61. The highest BCUT2D eigenvalue weighted by molar-refractivity contribution is 6.07. The van der Waals surface area contributed by atoms with Crippen molar-refractivity contribution in [2.45, 2.75) is 20.8 Å². The molecule has 0 bridgehead atoms. The lowest BCUT2D eigenvalue weighted by Crippen LogP contribution is -2.19. The summed E-state index contributed by atoms with van der Waals surface area (Å²) in [6.07, 6.45) is 0. The molecule has 2 aromatic carbocycles. The zero-order valence-corrected chi connectivity index (χ0v) is 17.3. The number of nitrogens with zero attached hydrogens (tertiary/aromatic N) is 2. The number of aryl methyl sites for hydroxylation is 1. The number of esters is 1. The number of para-hydroxylation sites is 1. The van der Waals surface area contributed by atoms with E-state index in [4.69, 9.17) is 9.47 Å². The average Bonchev–Trinajstić information content (AvgIpc) is 2.93. The van der Waals surface area contributed by atoms with Crippen LogP contribution in [0.3, 0.4) is 0 Å². The topological polar surface area (TPSA) is 43.7 Å². The number of rotatable bonds is 7. The lowest BCUT2D eigenvalue weighted by molar-refractivity contribution is 0.0527. The molecule has 0 N–H and O–H groups in total. The molecule has 5 nitrogen and oxygen atoms in total. The van der Waals surface area contributed by atoms with Crippen molar-refractivity contribution in [3.63, 3.8) is 0 Å². The number of carbonyl (C=O) groups is 1. The van der Waals surface area contributed by atoms with E-state index >= 15 is 0 Å². The monoisotopic (exact) mass is 380 g/mol. The van der Waals surface area contributed by atoms with Gasteiger partial charge in [0.25, 0.3) is 0 Å².